The summed E-state index contributed by atoms with van der Waals surface area (Å²) in [6.07, 6.45) is 8.22. The van der Waals surface area contributed by atoms with Gasteiger partial charge in [0.15, 0.2) is 5.78 Å². The first-order chi connectivity index (χ1) is 17.9. The summed E-state index contributed by atoms with van der Waals surface area (Å²) in [6, 6.07) is 0. The van der Waals surface area contributed by atoms with E-state index in [1.165, 1.54) is 6.08 Å². The number of ether oxygens (including phenoxy) is 3. The normalized spacial score (nSPS) is 33.6. The zero-order valence-corrected chi connectivity index (χ0v) is 23.3. The number of methoxy groups -OCH3 is 2. The van der Waals surface area contributed by atoms with E-state index in [0.29, 0.717) is 24.0 Å². The zero-order chi connectivity index (χ0) is 28.6. The van der Waals surface area contributed by atoms with Crippen LogP contribution >= 0.6 is 0 Å². The molecular formula is C29H40N2O7. The van der Waals surface area contributed by atoms with Crippen LogP contribution in [0.5, 0.6) is 0 Å². The van der Waals surface area contributed by atoms with Gasteiger partial charge in [-0.3, -0.25) is 14.4 Å². The lowest BCUT2D eigenvalue weighted by molar-refractivity contribution is -0.120. The molecule has 0 unspecified atom stereocenters. The monoisotopic (exact) mass is 528 g/mol. The van der Waals surface area contributed by atoms with Crippen LogP contribution in [0.25, 0.3) is 0 Å². The second-order valence-electron chi connectivity index (χ2n) is 10.2. The number of allylic oxidation sites excluding steroid dienone is 5. The van der Waals surface area contributed by atoms with Crippen LogP contribution in [0, 0.1) is 17.8 Å². The number of primary amides is 1. The molecule has 0 fully saturated rings. The molecule has 2 aliphatic rings. The van der Waals surface area contributed by atoms with Gasteiger partial charge in [0.2, 0.25) is 5.78 Å². The lowest BCUT2D eigenvalue weighted by Gasteiger charge is -2.31. The number of carbonyl (C=O) groups excluding carboxylic acids is 4. The molecule has 0 aromatic rings. The van der Waals surface area contributed by atoms with E-state index in [-0.39, 0.29) is 47.2 Å². The van der Waals surface area contributed by atoms with Crippen molar-refractivity contribution >= 4 is 23.6 Å². The molecule has 9 nitrogen and oxygen atoms in total. The average Bonchev–Trinajstić information content (AvgIpc) is 2.83. The number of ketones is 2. The minimum Gasteiger partial charge on any atom is -0.441 e. The topological polar surface area (TPSA) is 134 Å². The molecule has 9 heteroatoms. The Balaban J connectivity index is 2.53. The number of carbonyl (C=O) groups is 4. The third kappa shape index (κ3) is 8.36. The minimum atomic E-state index is -0.889. The fraction of sp³-hybridized carbons (Fsp3) is 0.517. The number of hydrogen-bond acceptors (Lipinski definition) is 7. The van der Waals surface area contributed by atoms with E-state index in [2.05, 4.69) is 5.32 Å². The highest BCUT2D eigenvalue weighted by atomic mass is 16.6. The van der Waals surface area contributed by atoms with Crippen molar-refractivity contribution in [2.24, 2.45) is 23.5 Å². The molecule has 2 amide bonds. The predicted molar refractivity (Wildman–Crippen MR) is 144 cm³/mol. The Kier molecular flexibility index (Phi) is 11.4. The number of Topliss-reactive ketones (excluding diaryl/α,β-unsaturated/α-hetero) is 1. The highest BCUT2D eigenvalue weighted by Crippen LogP contribution is 2.28. The SMILES string of the molecule is CO[C@H]1[C@@H](OC)C[C@H](C)CC2=CC(=O)C=C(NC(=O)/C(C)=C/C=C\[C@H](C)[C@@H](OC(N)=O)/C(C)=C/[C@@H]1C)C2=O. The van der Waals surface area contributed by atoms with Crippen LogP contribution in [0.4, 0.5) is 4.79 Å². The van der Waals surface area contributed by atoms with Crippen molar-refractivity contribution in [3.05, 3.63) is 58.9 Å². The van der Waals surface area contributed by atoms with E-state index in [0.717, 1.165) is 11.6 Å². The summed E-state index contributed by atoms with van der Waals surface area (Å²) in [7, 11) is 3.22. The van der Waals surface area contributed by atoms with E-state index >= 15 is 0 Å². The molecule has 0 aromatic heterocycles. The van der Waals surface area contributed by atoms with Crippen LogP contribution < -0.4 is 11.1 Å². The first-order valence-electron chi connectivity index (χ1n) is 12.7. The number of amides is 2. The number of fused-ring (bicyclic) bond motifs is 2. The molecule has 208 valence electrons. The Hall–Kier alpha value is -3.30. The van der Waals surface area contributed by atoms with Crippen molar-refractivity contribution < 1.29 is 33.4 Å². The molecule has 6 atom stereocenters. The maximum absolute atomic E-state index is 13.1. The van der Waals surface area contributed by atoms with E-state index < -0.39 is 18.1 Å². The summed E-state index contributed by atoms with van der Waals surface area (Å²) in [4.78, 5) is 49.8. The Bertz CT molecular complexity index is 1080. The summed E-state index contributed by atoms with van der Waals surface area (Å²) < 4.78 is 17.1. The minimum absolute atomic E-state index is 0.0354. The van der Waals surface area contributed by atoms with Crippen molar-refractivity contribution in [2.75, 3.05) is 14.2 Å². The molecule has 3 N–H and O–H groups in total. The first kappa shape index (κ1) is 30.9. The van der Waals surface area contributed by atoms with Gasteiger partial charge < -0.3 is 25.3 Å². The summed E-state index contributed by atoms with van der Waals surface area (Å²) in [5.74, 6) is -1.66. The lowest BCUT2D eigenvalue weighted by Crippen LogP contribution is -2.37. The van der Waals surface area contributed by atoms with Crippen LogP contribution in [0.2, 0.25) is 0 Å². The fourth-order valence-electron chi connectivity index (χ4n) is 4.95. The van der Waals surface area contributed by atoms with Crippen LogP contribution in [0.3, 0.4) is 0 Å². The highest BCUT2D eigenvalue weighted by Gasteiger charge is 2.31. The number of nitrogens with two attached hydrogens (primary N) is 1. The molecule has 2 rings (SSSR count). The molecule has 0 spiro atoms. The highest BCUT2D eigenvalue weighted by molar-refractivity contribution is 6.21. The van der Waals surface area contributed by atoms with Crippen molar-refractivity contribution in [3.8, 4) is 0 Å². The molecule has 0 radical (unpaired) electrons. The summed E-state index contributed by atoms with van der Waals surface area (Å²) >= 11 is 0. The molecule has 0 saturated heterocycles. The Labute approximate surface area is 224 Å². The quantitative estimate of drug-likeness (QED) is 0.421. The average molecular weight is 529 g/mol. The molecule has 2 bridgehead atoms. The van der Waals surface area contributed by atoms with Gasteiger partial charge in [0.25, 0.3) is 5.91 Å². The van der Waals surface area contributed by atoms with Crippen LogP contribution in [-0.4, -0.2) is 56.1 Å². The Morgan fingerprint density at radius 2 is 1.71 bits per heavy atom. The first-order valence-corrected chi connectivity index (χ1v) is 12.7. The third-order valence-corrected chi connectivity index (χ3v) is 6.86. The van der Waals surface area contributed by atoms with Gasteiger partial charge in [0.1, 0.15) is 6.10 Å². The maximum atomic E-state index is 13.1. The summed E-state index contributed by atoms with van der Waals surface area (Å²) in [5.41, 5.74) is 6.78. The fourth-order valence-corrected chi connectivity index (χ4v) is 4.95. The van der Waals surface area contributed by atoms with Gasteiger partial charge in [0, 0.05) is 43.3 Å². The molecule has 0 aromatic carbocycles. The standard InChI is InChI=1S/C29H40N2O7/c1-16-11-21-14-22(32)15-23(25(21)33)31-28(34)18(3)10-8-9-17(2)26(38-29(30)35)19(4)13-20(5)27(37-7)24(12-16)36-6/h8-10,13-17,20,24,26-27H,11-12H2,1-7H3,(H2,30,35)(H,31,34)/b9-8-,18-10+,19-13+/t16-,17+,20+,24+,26-,27-/m1/s1. The van der Waals surface area contributed by atoms with Crippen molar-refractivity contribution in [3.63, 3.8) is 0 Å². The molecule has 38 heavy (non-hydrogen) atoms. The summed E-state index contributed by atoms with van der Waals surface area (Å²) in [6.45, 7) is 9.30. The Morgan fingerprint density at radius 3 is 2.32 bits per heavy atom. The molecule has 1 aliphatic heterocycles. The van der Waals surface area contributed by atoms with Crippen LogP contribution in [0.1, 0.15) is 47.5 Å². The smallest absolute Gasteiger partial charge is 0.405 e. The lowest BCUT2D eigenvalue weighted by atomic mass is 9.85. The number of rotatable bonds is 3. The van der Waals surface area contributed by atoms with E-state index in [1.807, 2.05) is 33.8 Å². The zero-order valence-electron chi connectivity index (χ0n) is 23.3. The second-order valence-corrected chi connectivity index (χ2v) is 10.2. The van der Waals surface area contributed by atoms with Gasteiger partial charge in [-0.25, -0.2) is 4.79 Å². The van der Waals surface area contributed by atoms with Crippen molar-refractivity contribution in [2.45, 2.75) is 65.8 Å². The van der Waals surface area contributed by atoms with Gasteiger partial charge >= 0.3 is 6.09 Å². The van der Waals surface area contributed by atoms with Gasteiger partial charge in [-0.1, -0.05) is 45.1 Å². The number of nitrogens with one attached hydrogen (secondary N) is 1. The maximum Gasteiger partial charge on any atom is 0.405 e. The molecule has 1 aliphatic carbocycles. The van der Waals surface area contributed by atoms with Gasteiger partial charge in [-0.05, 0) is 44.3 Å². The van der Waals surface area contributed by atoms with E-state index in [9.17, 15) is 19.2 Å². The van der Waals surface area contributed by atoms with E-state index in [4.69, 9.17) is 19.9 Å². The van der Waals surface area contributed by atoms with Gasteiger partial charge in [-0.2, -0.15) is 0 Å². The molecule has 0 saturated carbocycles. The predicted octanol–water partition coefficient (Wildman–Crippen LogP) is 3.71. The van der Waals surface area contributed by atoms with Gasteiger partial charge in [-0.15, -0.1) is 0 Å². The molecule has 1 heterocycles. The van der Waals surface area contributed by atoms with Crippen LogP contribution in [0.15, 0.2) is 58.9 Å². The third-order valence-electron chi connectivity index (χ3n) is 6.86. The molecular weight excluding hydrogens is 488 g/mol. The number of hydrogen-bond donors (Lipinski definition) is 2. The summed E-state index contributed by atoms with van der Waals surface area (Å²) in [5, 5.41) is 2.57. The van der Waals surface area contributed by atoms with Crippen LogP contribution in [-0.2, 0) is 28.6 Å². The van der Waals surface area contributed by atoms with Crippen molar-refractivity contribution in [1.82, 2.24) is 5.32 Å². The van der Waals surface area contributed by atoms with Gasteiger partial charge in [0.05, 0.1) is 17.9 Å². The Morgan fingerprint density at radius 1 is 1.03 bits per heavy atom. The second kappa shape index (κ2) is 14.0. The largest absolute Gasteiger partial charge is 0.441 e. The van der Waals surface area contributed by atoms with E-state index in [1.54, 1.807) is 39.4 Å². The van der Waals surface area contributed by atoms with Crippen molar-refractivity contribution in [1.29, 1.82) is 0 Å².